The molecule has 170 valence electrons. The quantitative estimate of drug-likeness (QED) is 0.519. The predicted molar refractivity (Wildman–Crippen MR) is 128 cm³/mol. The van der Waals surface area contributed by atoms with Gasteiger partial charge < -0.3 is 19.1 Å². The lowest BCUT2D eigenvalue weighted by Gasteiger charge is -2.22. The third kappa shape index (κ3) is 5.16. The number of rotatable bonds is 8. The molecule has 5 heteroatoms. The van der Waals surface area contributed by atoms with E-state index in [9.17, 15) is 4.79 Å². The number of carbonyl (C=O) groups is 1. The van der Waals surface area contributed by atoms with Crippen LogP contribution in [-0.2, 0) is 17.8 Å². The van der Waals surface area contributed by atoms with Crippen LogP contribution in [0.15, 0.2) is 54.1 Å². The van der Waals surface area contributed by atoms with Crippen molar-refractivity contribution in [1.82, 2.24) is 4.90 Å². The molecule has 0 aromatic heterocycles. The Labute approximate surface area is 191 Å². The molecule has 1 amide bonds. The van der Waals surface area contributed by atoms with Gasteiger partial charge in [0.2, 0.25) is 0 Å². The Morgan fingerprint density at radius 3 is 2.34 bits per heavy atom. The number of unbranched alkanes of at least 4 members (excludes halogenated alkanes) is 1. The van der Waals surface area contributed by atoms with Gasteiger partial charge >= 0.3 is 0 Å². The van der Waals surface area contributed by atoms with Gasteiger partial charge in [-0.25, -0.2) is 0 Å². The van der Waals surface area contributed by atoms with Crippen LogP contribution in [-0.4, -0.2) is 38.7 Å². The average Bonchev–Trinajstić information content (AvgIpc) is 2.94. The Kier molecular flexibility index (Phi) is 7.98. The predicted octanol–water partition coefficient (Wildman–Crippen LogP) is 5.43. The molecule has 0 spiro atoms. The van der Waals surface area contributed by atoms with E-state index in [4.69, 9.17) is 14.2 Å². The highest BCUT2D eigenvalue weighted by atomic mass is 16.5. The minimum atomic E-state index is 0.0328. The molecule has 5 nitrogen and oxygen atoms in total. The first-order valence-electron chi connectivity index (χ1n) is 11.1. The van der Waals surface area contributed by atoms with Gasteiger partial charge in [0.1, 0.15) is 5.75 Å². The second-order valence-electron chi connectivity index (χ2n) is 7.94. The lowest BCUT2D eigenvalue weighted by Crippen LogP contribution is -2.31. The molecule has 0 aliphatic carbocycles. The topological polar surface area (TPSA) is 48.0 Å². The van der Waals surface area contributed by atoms with Gasteiger partial charge in [0.25, 0.3) is 5.91 Å². The summed E-state index contributed by atoms with van der Waals surface area (Å²) in [5, 5.41) is 0. The molecule has 1 aliphatic rings. The third-order valence-electron chi connectivity index (χ3n) is 5.78. The Hall–Kier alpha value is -3.21. The highest BCUT2D eigenvalue weighted by molar-refractivity contribution is 6.21. The van der Waals surface area contributed by atoms with Gasteiger partial charge in [-0.05, 0) is 66.3 Å². The minimum Gasteiger partial charge on any atom is -0.497 e. The summed E-state index contributed by atoms with van der Waals surface area (Å²) in [7, 11) is 4.91. The Bertz CT molecular complexity index is 1010. The van der Waals surface area contributed by atoms with Crippen molar-refractivity contribution < 1.29 is 19.0 Å². The maximum absolute atomic E-state index is 13.8. The molecule has 2 aromatic rings. The molecule has 0 unspecified atom stereocenters. The Morgan fingerprint density at radius 2 is 1.72 bits per heavy atom. The van der Waals surface area contributed by atoms with Crippen LogP contribution < -0.4 is 14.2 Å². The normalized spacial score (nSPS) is 15.4. The van der Waals surface area contributed by atoms with E-state index in [0.717, 1.165) is 52.8 Å². The first kappa shape index (κ1) is 23.5. The molecule has 0 saturated heterocycles. The van der Waals surface area contributed by atoms with Crippen LogP contribution in [0.4, 0.5) is 0 Å². The van der Waals surface area contributed by atoms with Crippen molar-refractivity contribution in [2.45, 2.75) is 39.7 Å². The standard InChI is InChI=1S/C27H33NO4/c1-6-7-8-9-19(2)26-23-17-25(32-5)24(31-4)16-21(23)14-15-28(27(26)29)18-20-10-12-22(30-3)13-11-20/h8-13,16-17H,6-7,14-15,18H2,1-5H3/b9-8+,26-19+. The zero-order chi connectivity index (χ0) is 23.1. The second kappa shape index (κ2) is 10.9. The summed E-state index contributed by atoms with van der Waals surface area (Å²) in [5.74, 6) is 2.15. The van der Waals surface area contributed by atoms with E-state index in [1.807, 2.05) is 48.2 Å². The maximum Gasteiger partial charge on any atom is 0.255 e. The molecular weight excluding hydrogens is 402 g/mol. The minimum absolute atomic E-state index is 0.0328. The molecule has 0 radical (unpaired) electrons. The highest BCUT2D eigenvalue weighted by Gasteiger charge is 2.28. The molecule has 0 bridgehead atoms. The summed E-state index contributed by atoms with van der Waals surface area (Å²) in [6, 6.07) is 11.8. The van der Waals surface area contributed by atoms with Crippen molar-refractivity contribution in [2.75, 3.05) is 27.9 Å². The lowest BCUT2D eigenvalue weighted by molar-refractivity contribution is -0.125. The monoisotopic (exact) mass is 435 g/mol. The fourth-order valence-corrected chi connectivity index (χ4v) is 3.98. The van der Waals surface area contributed by atoms with Gasteiger partial charge in [0.15, 0.2) is 11.5 Å². The van der Waals surface area contributed by atoms with Crippen LogP contribution in [0.3, 0.4) is 0 Å². The molecule has 1 heterocycles. The van der Waals surface area contributed by atoms with Gasteiger partial charge in [0, 0.05) is 13.1 Å². The fourth-order valence-electron chi connectivity index (χ4n) is 3.98. The van der Waals surface area contributed by atoms with Crippen molar-refractivity contribution in [1.29, 1.82) is 0 Å². The number of carbonyl (C=O) groups excluding carboxylic acids is 1. The van der Waals surface area contributed by atoms with Gasteiger partial charge in [-0.15, -0.1) is 0 Å². The lowest BCUT2D eigenvalue weighted by atomic mass is 9.94. The number of ether oxygens (including phenoxy) is 3. The van der Waals surface area contributed by atoms with E-state index in [-0.39, 0.29) is 5.91 Å². The molecule has 0 fully saturated rings. The van der Waals surface area contributed by atoms with Gasteiger partial charge in [-0.1, -0.05) is 37.6 Å². The number of allylic oxidation sites excluding steroid dienone is 3. The molecule has 2 aromatic carbocycles. The Balaban J connectivity index is 2.05. The smallest absolute Gasteiger partial charge is 0.255 e. The SMILES string of the molecule is CCC/C=C/C(C)=C1/C(=O)N(Cc2ccc(OC)cc2)CCc2cc(OC)c(OC)cc21. The van der Waals surface area contributed by atoms with Gasteiger partial charge in [-0.3, -0.25) is 4.79 Å². The number of methoxy groups -OCH3 is 3. The van der Waals surface area contributed by atoms with Crippen LogP contribution in [0.2, 0.25) is 0 Å². The Morgan fingerprint density at radius 1 is 1.03 bits per heavy atom. The number of hydrogen-bond acceptors (Lipinski definition) is 4. The van der Waals surface area contributed by atoms with E-state index in [1.54, 1.807) is 21.3 Å². The molecule has 0 N–H and O–H groups in total. The molecular formula is C27H33NO4. The van der Waals surface area contributed by atoms with Crippen molar-refractivity contribution in [3.8, 4) is 17.2 Å². The molecule has 1 aliphatic heterocycles. The summed E-state index contributed by atoms with van der Waals surface area (Å²) in [6.07, 6.45) is 6.99. The summed E-state index contributed by atoms with van der Waals surface area (Å²) in [4.78, 5) is 15.7. The van der Waals surface area contributed by atoms with Crippen LogP contribution in [0.5, 0.6) is 17.2 Å². The summed E-state index contributed by atoms with van der Waals surface area (Å²) in [6.45, 7) is 5.33. The summed E-state index contributed by atoms with van der Waals surface area (Å²) < 4.78 is 16.3. The van der Waals surface area contributed by atoms with E-state index in [2.05, 4.69) is 19.1 Å². The van der Waals surface area contributed by atoms with Crippen molar-refractivity contribution in [3.63, 3.8) is 0 Å². The van der Waals surface area contributed by atoms with E-state index in [0.29, 0.717) is 24.6 Å². The van der Waals surface area contributed by atoms with Crippen LogP contribution in [0.25, 0.3) is 5.57 Å². The van der Waals surface area contributed by atoms with Crippen LogP contribution in [0.1, 0.15) is 43.4 Å². The second-order valence-corrected chi connectivity index (χ2v) is 7.94. The van der Waals surface area contributed by atoms with Gasteiger partial charge in [0.05, 0.1) is 26.9 Å². The molecule has 32 heavy (non-hydrogen) atoms. The van der Waals surface area contributed by atoms with E-state index in [1.165, 1.54) is 0 Å². The number of benzene rings is 2. The van der Waals surface area contributed by atoms with E-state index >= 15 is 0 Å². The zero-order valence-corrected chi connectivity index (χ0v) is 19.7. The summed E-state index contributed by atoms with van der Waals surface area (Å²) >= 11 is 0. The third-order valence-corrected chi connectivity index (χ3v) is 5.78. The van der Waals surface area contributed by atoms with Gasteiger partial charge in [-0.2, -0.15) is 0 Å². The van der Waals surface area contributed by atoms with Crippen molar-refractivity contribution in [2.24, 2.45) is 0 Å². The van der Waals surface area contributed by atoms with Crippen LogP contribution in [0, 0.1) is 0 Å². The molecule has 0 saturated carbocycles. The number of hydrogen-bond donors (Lipinski definition) is 0. The maximum atomic E-state index is 13.8. The van der Waals surface area contributed by atoms with E-state index < -0.39 is 0 Å². The first-order valence-corrected chi connectivity index (χ1v) is 11.1. The molecule has 3 rings (SSSR count). The first-order chi connectivity index (χ1) is 15.5. The molecule has 0 atom stereocenters. The zero-order valence-electron chi connectivity index (χ0n) is 19.7. The fraction of sp³-hybridized carbons (Fsp3) is 0.370. The van der Waals surface area contributed by atoms with Crippen LogP contribution >= 0.6 is 0 Å². The number of fused-ring (bicyclic) bond motifs is 1. The van der Waals surface area contributed by atoms with Crippen molar-refractivity contribution >= 4 is 11.5 Å². The highest BCUT2D eigenvalue weighted by Crippen LogP contribution is 2.37. The van der Waals surface area contributed by atoms with Crippen molar-refractivity contribution in [3.05, 3.63) is 70.8 Å². The average molecular weight is 436 g/mol. The number of nitrogens with zero attached hydrogens (tertiary/aromatic N) is 1. The summed E-state index contributed by atoms with van der Waals surface area (Å²) in [5.41, 5.74) is 4.76. The largest absolute Gasteiger partial charge is 0.497 e. The number of amides is 1.